The molecule has 4 rings (SSSR count). The number of hydrogen-bond acceptors (Lipinski definition) is 5. The molecule has 1 saturated heterocycles. The summed E-state index contributed by atoms with van der Waals surface area (Å²) in [6.07, 6.45) is 2.83. The fourth-order valence-corrected chi connectivity index (χ4v) is 3.88. The Balaban J connectivity index is 1.33. The topological polar surface area (TPSA) is 76.9 Å². The Kier molecular flexibility index (Phi) is 6.92. The minimum Gasteiger partial charge on any atom is -0.497 e. The molecule has 1 aromatic heterocycles. The number of nitrogens with zero attached hydrogens (tertiary/aromatic N) is 4. The van der Waals surface area contributed by atoms with Crippen molar-refractivity contribution in [3.8, 4) is 17.2 Å². The molecule has 2 amide bonds. The molecular weight excluding hydrogens is 420 g/mol. The maximum absolute atomic E-state index is 13.1. The molecule has 0 radical (unpaired) electrons. The van der Waals surface area contributed by atoms with E-state index in [1.165, 1.54) is 7.11 Å². The van der Waals surface area contributed by atoms with Gasteiger partial charge < -0.3 is 19.3 Å². The van der Waals surface area contributed by atoms with E-state index in [1.807, 2.05) is 59.5 Å². The molecule has 172 valence electrons. The van der Waals surface area contributed by atoms with Crippen LogP contribution in [0, 0.1) is 0 Å². The molecule has 1 aliphatic heterocycles. The number of benzene rings is 2. The summed E-state index contributed by atoms with van der Waals surface area (Å²) in [5, 5.41) is 4.47. The highest BCUT2D eigenvalue weighted by Gasteiger charge is 2.28. The summed E-state index contributed by atoms with van der Waals surface area (Å²) in [5.74, 6) is 1.15. The zero-order valence-electron chi connectivity index (χ0n) is 18.9. The van der Waals surface area contributed by atoms with Crippen LogP contribution in [0.15, 0.2) is 60.8 Å². The van der Waals surface area contributed by atoms with Crippen LogP contribution >= 0.6 is 0 Å². The molecule has 0 spiro atoms. The second-order valence-corrected chi connectivity index (χ2v) is 7.85. The Morgan fingerprint density at radius 2 is 1.55 bits per heavy atom. The van der Waals surface area contributed by atoms with Crippen molar-refractivity contribution in [3.05, 3.63) is 72.1 Å². The van der Waals surface area contributed by atoms with Crippen molar-refractivity contribution in [1.82, 2.24) is 19.6 Å². The number of aromatic nitrogens is 2. The molecule has 2 heterocycles. The van der Waals surface area contributed by atoms with Gasteiger partial charge in [0.05, 0.1) is 26.1 Å². The van der Waals surface area contributed by atoms with Crippen molar-refractivity contribution < 1.29 is 19.1 Å². The first-order valence-electron chi connectivity index (χ1n) is 11.0. The van der Waals surface area contributed by atoms with E-state index in [0.717, 1.165) is 17.0 Å². The number of aryl methyl sites for hydroxylation is 1. The number of hydrogen-bond donors (Lipinski definition) is 0. The number of piperazine rings is 1. The van der Waals surface area contributed by atoms with Crippen molar-refractivity contribution in [2.24, 2.45) is 0 Å². The third kappa shape index (κ3) is 5.16. The van der Waals surface area contributed by atoms with E-state index in [0.29, 0.717) is 44.8 Å². The summed E-state index contributed by atoms with van der Waals surface area (Å²) in [6, 6.07) is 17.3. The molecule has 0 aliphatic carbocycles. The summed E-state index contributed by atoms with van der Waals surface area (Å²) < 4.78 is 12.2. The normalized spacial score (nSPS) is 13.6. The number of carbonyl (C=O) groups excluding carboxylic acids is 2. The zero-order chi connectivity index (χ0) is 23.2. The Hall–Kier alpha value is -3.81. The van der Waals surface area contributed by atoms with Crippen LogP contribution in [-0.2, 0) is 11.2 Å². The third-order valence-electron chi connectivity index (χ3n) is 5.83. The van der Waals surface area contributed by atoms with Gasteiger partial charge in [0.25, 0.3) is 5.91 Å². The number of amides is 2. The number of methoxy groups -OCH3 is 2. The summed E-state index contributed by atoms with van der Waals surface area (Å²) >= 11 is 0. The van der Waals surface area contributed by atoms with Crippen LogP contribution in [0.3, 0.4) is 0 Å². The largest absolute Gasteiger partial charge is 0.497 e. The SMILES string of the molecule is COc1ccc(CCC(=O)N2CCN(C(=O)c3nn(-c4ccccc4)cc3OC)CC2)cc1. The minimum atomic E-state index is -0.188. The molecule has 2 aromatic carbocycles. The molecule has 0 saturated carbocycles. The van der Waals surface area contributed by atoms with Crippen LogP contribution in [0.5, 0.6) is 11.5 Å². The number of carbonyl (C=O) groups is 2. The molecule has 8 heteroatoms. The van der Waals surface area contributed by atoms with Crippen molar-refractivity contribution in [1.29, 1.82) is 0 Å². The van der Waals surface area contributed by atoms with Gasteiger partial charge in [-0.3, -0.25) is 9.59 Å². The Bertz CT molecular complexity index is 1090. The third-order valence-corrected chi connectivity index (χ3v) is 5.83. The maximum atomic E-state index is 13.1. The Morgan fingerprint density at radius 3 is 2.18 bits per heavy atom. The quantitative estimate of drug-likeness (QED) is 0.556. The number of para-hydroxylation sites is 1. The van der Waals surface area contributed by atoms with Crippen LogP contribution in [-0.4, -0.2) is 71.8 Å². The molecule has 33 heavy (non-hydrogen) atoms. The van der Waals surface area contributed by atoms with Gasteiger partial charge in [0.2, 0.25) is 5.91 Å². The Morgan fingerprint density at radius 1 is 0.879 bits per heavy atom. The molecule has 1 fully saturated rings. The summed E-state index contributed by atoms with van der Waals surface area (Å²) in [7, 11) is 3.16. The highest BCUT2D eigenvalue weighted by molar-refractivity contribution is 5.95. The van der Waals surface area contributed by atoms with Gasteiger partial charge in [-0.25, -0.2) is 4.68 Å². The lowest BCUT2D eigenvalue weighted by Gasteiger charge is -2.34. The van der Waals surface area contributed by atoms with Crippen LogP contribution < -0.4 is 9.47 Å². The summed E-state index contributed by atoms with van der Waals surface area (Å²) in [4.78, 5) is 29.3. The monoisotopic (exact) mass is 448 g/mol. The van der Waals surface area contributed by atoms with E-state index < -0.39 is 0 Å². The zero-order valence-corrected chi connectivity index (χ0v) is 18.9. The van der Waals surface area contributed by atoms with E-state index in [2.05, 4.69) is 5.10 Å². The average Bonchev–Trinajstić information content (AvgIpc) is 3.32. The molecule has 0 atom stereocenters. The summed E-state index contributed by atoms with van der Waals surface area (Å²) in [6.45, 7) is 1.95. The maximum Gasteiger partial charge on any atom is 0.278 e. The first-order valence-corrected chi connectivity index (χ1v) is 11.0. The van der Waals surface area contributed by atoms with E-state index >= 15 is 0 Å². The van der Waals surface area contributed by atoms with Gasteiger partial charge in [-0.15, -0.1) is 0 Å². The van der Waals surface area contributed by atoms with Crippen LogP contribution in [0.2, 0.25) is 0 Å². The average molecular weight is 449 g/mol. The Labute approximate surface area is 193 Å². The molecule has 0 N–H and O–H groups in total. The fourth-order valence-electron chi connectivity index (χ4n) is 3.88. The van der Waals surface area contributed by atoms with Gasteiger partial charge in [-0.05, 0) is 36.2 Å². The highest BCUT2D eigenvalue weighted by Crippen LogP contribution is 2.22. The lowest BCUT2D eigenvalue weighted by atomic mass is 10.1. The molecule has 0 unspecified atom stereocenters. The van der Waals surface area contributed by atoms with Gasteiger partial charge in [-0.2, -0.15) is 5.10 Å². The molecule has 0 bridgehead atoms. The van der Waals surface area contributed by atoms with E-state index in [1.54, 1.807) is 22.9 Å². The standard InChI is InChI=1S/C25H28N4O4/c1-32-21-11-8-19(9-12-21)10-13-23(30)27-14-16-28(17-15-27)25(31)24-22(33-2)18-29(26-24)20-6-4-3-5-7-20/h3-9,11-12,18H,10,13-17H2,1-2H3. The first-order chi connectivity index (χ1) is 16.1. The highest BCUT2D eigenvalue weighted by atomic mass is 16.5. The second kappa shape index (κ2) is 10.2. The van der Waals surface area contributed by atoms with Gasteiger partial charge in [0, 0.05) is 32.6 Å². The number of ether oxygens (including phenoxy) is 2. The molecule has 8 nitrogen and oxygen atoms in total. The van der Waals surface area contributed by atoms with Gasteiger partial charge in [-0.1, -0.05) is 30.3 Å². The van der Waals surface area contributed by atoms with E-state index in [-0.39, 0.29) is 17.5 Å². The van der Waals surface area contributed by atoms with Gasteiger partial charge in [0.1, 0.15) is 5.75 Å². The van der Waals surface area contributed by atoms with Crippen LogP contribution in [0.25, 0.3) is 5.69 Å². The lowest BCUT2D eigenvalue weighted by Crippen LogP contribution is -2.50. The van der Waals surface area contributed by atoms with Crippen molar-refractivity contribution in [2.75, 3.05) is 40.4 Å². The number of rotatable bonds is 7. The van der Waals surface area contributed by atoms with Crippen LogP contribution in [0.1, 0.15) is 22.5 Å². The molecule has 1 aliphatic rings. The van der Waals surface area contributed by atoms with Gasteiger partial charge >= 0.3 is 0 Å². The van der Waals surface area contributed by atoms with Gasteiger partial charge in [0.15, 0.2) is 11.4 Å². The van der Waals surface area contributed by atoms with Crippen molar-refractivity contribution in [3.63, 3.8) is 0 Å². The summed E-state index contributed by atoms with van der Waals surface area (Å²) in [5.41, 5.74) is 2.22. The fraction of sp³-hybridized carbons (Fsp3) is 0.320. The van der Waals surface area contributed by atoms with E-state index in [9.17, 15) is 9.59 Å². The second-order valence-electron chi connectivity index (χ2n) is 7.85. The predicted octanol–water partition coefficient (Wildman–Crippen LogP) is 2.81. The van der Waals surface area contributed by atoms with Crippen molar-refractivity contribution in [2.45, 2.75) is 12.8 Å². The predicted molar refractivity (Wildman–Crippen MR) is 124 cm³/mol. The molecule has 3 aromatic rings. The first kappa shape index (κ1) is 22.4. The lowest BCUT2D eigenvalue weighted by molar-refractivity contribution is -0.132. The minimum absolute atomic E-state index is 0.101. The smallest absolute Gasteiger partial charge is 0.278 e. The molecular formula is C25H28N4O4. The van der Waals surface area contributed by atoms with Crippen molar-refractivity contribution >= 4 is 11.8 Å². The van der Waals surface area contributed by atoms with E-state index in [4.69, 9.17) is 9.47 Å². The van der Waals surface area contributed by atoms with Crippen LogP contribution in [0.4, 0.5) is 0 Å².